The van der Waals surface area contributed by atoms with Gasteiger partial charge in [0.25, 0.3) is 5.91 Å². The van der Waals surface area contributed by atoms with Gasteiger partial charge in [-0.25, -0.2) is 13.1 Å². The molecule has 7 heteroatoms. The smallest absolute Gasteiger partial charge is 0.251 e. The Morgan fingerprint density at radius 3 is 2.29 bits per heavy atom. The molecule has 0 fully saturated rings. The van der Waals surface area contributed by atoms with Crippen molar-refractivity contribution in [3.63, 3.8) is 0 Å². The fraction of sp³-hybridized carbons (Fsp3) is 0.143. The van der Waals surface area contributed by atoms with Crippen molar-refractivity contribution in [2.45, 2.75) is 17.9 Å². The molecule has 0 unspecified atom stereocenters. The first kappa shape index (κ1) is 19.7. The van der Waals surface area contributed by atoms with E-state index >= 15 is 0 Å². The minimum absolute atomic E-state index is 0.129. The highest BCUT2D eigenvalue weighted by atomic mass is 32.2. The minimum Gasteiger partial charge on any atom is -0.348 e. The largest absolute Gasteiger partial charge is 0.348 e. The van der Waals surface area contributed by atoms with Gasteiger partial charge in [-0.05, 0) is 47.9 Å². The molecule has 0 aliphatic heterocycles. The molecule has 3 aromatic rings. The van der Waals surface area contributed by atoms with Crippen LogP contribution in [-0.2, 0) is 23.0 Å². The Kier molecular flexibility index (Phi) is 6.52. The van der Waals surface area contributed by atoms with Crippen molar-refractivity contribution in [2.75, 3.05) is 6.54 Å². The van der Waals surface area contributed by atoms with E-state index in [1.54, 1.807) is 18.5 Å². The summed E-state index contributed by atoms with van der Waals surface area (Å²) in [5.41, 5.74) is 2.34. The van der Waals surface area contributed by atoms with Crippen LogP contribution in [0.4, 0.5) is 0 Å². The normalized spacial score (nSPS) is 11.1. The number of pyridine rings is 1. The van der Waals surface area contributed by atoms with Crippen molar-refractivity contribution >= 4 is 15.9 Å². The lowest BCUT2D eigenvalue weighted by Crippen LogP contribution is -2.26. The maximum absolute atomic E-state index is 12.4. The lowest BCUT2D eigenvalue weighted by Gasteiger charge is -2.08. The van der Waals surface area contributed by atoms with Crippen molar-refractivity contribution in [3.05, 3.63) is 95.8 Å². The molecule has 0 bridgehead atoms. The topological polar surface area (TPSA) is 88.2 Å². The quantitative estimate of drug-likeness (QED) is 0.613. The summed E-state index contributed by atoms with van der Waals surface area (Å²) < 4.78 is 27.4. The van der Waals surface area contributed by atoms with Crippen molar-refractivity contribution in [1.82, 2.24) is 15.0 Å². The highest BCUT2D eigenvalue weighted by Gasteiger charge is 2.14. The third-order valence-corrected chi connectivity index (χ3v) is 5.63. The Hall–Kier alpha value is -3.03. The second-order valence-corrected chi connectivity index (χ2v) is 7.97. The number of benzene rings is 2. The number of nitrogens with zero attached hydrogens (tertiary/aromatic N) is 1. The highest BCUT2D eigenvalue weighted by Crippen LogP contribution is 2.11. The van der Waals surface area contributed by atoms with Crippen molar-refractivity contribution in [1.29, 1.82) is 0 Å². The van der Waals surface area contributed by atoms with Crippen LogP contribution in [0.5, 0.6) is 0 Å². The van der Waals surface area contributed by atoms with Gasteiger partial charge in [0.05, 0.1) is 4.90 Å². The van der Waals surface area contributed by atoms with Crippen molar-refractivity contribution in [3.8, 4) is 0 Å². The Morgan fingerprint density at radius 1 is 0.893 bits per heavy atom. The van der Waals surface area contributed by atoms with Gasteiger partial charge in [0.2, 0.25) is 10.0 Å². The van der Waals surface area contributed by atoms with Crippen LogP contribution in [-0.4, -0.2) is 25.9 Å². The lowest BCUT2D eigenvalue weighted by atomic mass is 10.2. The van der Waals surface area contributed by atoms with Gasteiger partial charge in [0.1, 0.15) is 0 Å². The molecule has 144 valence electrons. The summed E-state index contributed by atoms with van der Waals surface area (Å²) in [6.45, 7) is 0.660. The minimum atomic E-state index is -3.62. The van der Waals surface area contributed by atoms with Gasteiger partial charge in [-0.2, -0.15) is 0 Å². The summed E-state index contributed by atoms with van der Waals surface area (Å²) in [7, 11) is -3.62. The third kappa shape index (κ3) is 5.48. The molecule has 0 aliphatic carbocycles. The van der Waals surface area contributed by atoms with E-state index in [9.17, 15) is 13.2 Å². The van der Waals surface area contributed by atoms with E-state index < -0.39 is 10.0 Å². The Bertz CT molecular complexity index is 1010. The monoisotopic (exact) mass is 395 g/mol. The molecule has 0 atom stereocenters. The molecule has 0 saturated heterocycles. The van der Waals surface area contributed by atoms with Crippen LogP contribution in [0, 0.1) is 0 Å². The maximum Gasteiger partial charge on any atom is 0.251 e. The molecule has 2 aromatic carbocycles. The zero-order valence-electron chi connectivity index (χ0n) is 15.2. The molecule has 0 spiro atoms. The van der Waals surface area contributed by atoms with Crippen LogP contribution in [0.1, 0.15) is 21.5 Å². The zero-order valence-corrected chi connectivity index (χ0v) is 16.0. The van der Waals surface area contributed by atoms with Crippen LogP contribution < -0.4 is 10.0 Å². The molecule has 3 rings (SSSR count). The van der Waals surface area contributed by atoms with Crippen LogP contribution in [0.2, 0.25) is 0 Å². The van der Waals surface area contributed by atoms with Crippen LogP contribution >= 0.6 is 0 Å². The number of carbonyl (C=O) groups excluding carboxylic acids is 1. The van der Waals surface area contributed by atoms with Crippen molar-refractivity contribution < 1.29 is 13.2 Å². The van der Waals surface area contributed by atoms with E-state index in [0.29, 0.717) is 25.1 Å². The molecule has 0 aliphatic rings. The molecule has 1 amide bonds. The van der Waals surface area contributed by atoms with E-state index in [-0.39, 0.29) is 10.8 Å². The number of aromatic nitrogens is 1. The van der Waals surface area contributed by atoms with Crippen LogP contribution in [0.15, 0.2) is 84.0 Å². The first-order chi connectivity index (χ1) is 13.5. The van der Waals surface area contributed by atoms with Gasteiger partial charge in [-0.15, -0.1) is 0 Å². The number of hydrogen-bond acceptors (Lipinski definition) is 4. The molecule has 6 nitrogen and oxygen atoms in total. The fourth-order valence-electron chi connectivity index (χ4n) is 2.63. The molecule has 0 radical (unpaired) electrons. The molecular formula is C21H21N3O3S. The number of hydrogen-bond donors (Lipinski definition) is 2. The first-order valence-corrected chi connectivity index (χ1v) is 10.3. The van der Waals surface area contributed by atoms with E-state index in [0.717, 1.165) is 11.1 Å². The van der Waals surface area contributed by atoms with Gasteiger partial charge in [-0.1, -0.05) is 36.4 Å². The summed E-state index contributed by atoms with van der Waals surface area (Å²) in [5.74, 6) is -0.273. The van der Waals surface area contributed by atoms with Crippen LogP contribution in [0.25, 0.3) is 0 Å². The summed E-state index contributed by atoms with van der Waals surface area (Å²) in [6, 6.07) is 19.2. The zero-order chi connectivity index (χ0) is 19.8. The Labute approximate surface area is 164 Å². The van der Waals surface area contributed by atoms with E-state index in [2.05, 4.69) is 15.0 Å². The number of amides is 1. The SMILES string of the molecule is O=C(NCc1cccnc1)c1ccc(S(=O)(=O)NCCc2ccccc2)cc1. The number of nitrogens with one attached hydrogen (secondary N) is 2. The van der Waals surface area contributed by atoms with Gasteiger partial charge in [-0.3, -0.25) is 9.78 Å². The average molecular weight is 395 g/mol. The summed E-state index contributed by atoms with van der Waals surface area (Å²) in [4.78, 5) is 16.3. The first-order valence-electron chi connectivity index (χ1n) is 8.85. The third-order valence-electron chi connectivity index (χ3n) is 4.15. The average Bonchev–Trinajstić information content (AvgIpc) is 2.73. The lowest BCUT2D eigenvalue weighted by molar-refractivity contribution is 0.0951. The second kappa shape index (κ2) is 9.25. The molecule has 28 heavy (non-hydrogen) atoms. The highest BCUT2D eigenvalue weighted by molar-refractivity contribution is 7.89. The van der Waals surface area contributed by atoms with Crippen LogP contribution in [0.3, 0.4) is 0 Å². The molecular weight excluding hydrogens is 374 g/mol. The van der Waals surface area contributed by atoms with E-state index in [1.165, 1.54) is 24.3 Å². The predicted octanol–water partition coefficient (Wildman–Crippen LogP) is 2.53. The van der Waals surface area contributed by atoms with Gasteiger partial charge < -0.3 is 5.32 Å². The fourth-order valence-corrected chi connectivity index (χ4v) is 3.66. The summed E-state index contributed by atoms with van der Waals surface area (Å²) in [6.07, 6.45) is 3.95. The Morgan fingerprint density at radius 2 is 1.61 bits per heavy atom. The number of sulfonamides is 1. The Balaban J connectivity index is 1.55. The summed E-state index contributed by atoms with van der Waals surface area (Å²) >= 11 is 0. The van der Waals surface area contributed by atoms with Crippen molar-refractivity contribution in [2.24, 2.45) is 0 Å². The molecule has 1 heterocycles. The molecule has 1 aromatic heterocycles. The standard InChI is InChI=1S/C21H21N3O3S/c25-21(23-16-18-7-4-13-22-15-18)19-8-10-20(11-9-19)28(26,27)24-14-12-17-5-2-1-3-6-17/h1-11,13,15,24H,12,14,16H2,(H,23,25). The maximum atomic E-state index is 12.4. The number of rotatable bonds is 8. The van der Waals surface area contributed by atoms with E-state index in [4.69, 9.17) is 0 Å². The molecule has 2 N–H and O–H groups in total. The van der Waals surface area contributed by atoms with Gasteiger partial charge in [0.15, 0.2) is 0 Å². The van der Waals surface area contributed by atoms with E-state index in [1.807, 2.05) is 36.4 Å². The van der Waals surface area contributed by atoms with Gasteiger partial charge in [0, 0.05) is 31.0 Å². The predicted molar refractivity (Wildman–Crippen MR) is 107 cm³/mol. The second-order valence-electron chi connectivity index (χ2n) is 6.20. The molecule has 0 saturated carbocycles. The van der Waals surface area contributed by atoms with Gasteiger partial charge >= 0.3 is 0 Å². The number of carbonyl (C=O) groups is 1. The summed E-state index contributed by atoms with van der Waals surface area (Å²) in [5, 5.41) is 2.78.